The lowest BCUT2D eigenvalue weighted by Crippen LogP contribution is -2.30. The summed E-state index contributed by atoms with van der Waals surface area (Å²) in [4.78, 5) is 9.05. The quantitative estimate of drug-likeness (QED) is 0.762. The van der Waals surface area contributed by atoms with Gasteiger partial charge in [0, 0.05) is 5.39 Å². The van der Waals surface area contributed by atoms with Gasteiger partial charge in [-0.2, -0.15) is 0 Å². The fourth-order valence-electron chi connectivity index (χ4n) is 3.65. The molecule has 5 heteroatoms. The van der Waals surface area contributed by atoms with E-state index in [0.29, 0.717) is 12.4 Å². The number of aromatic nitrogens is 3. The van der Waals surface area contributed by atoms with Crippen molar-refractivity contribution in [3.8, 4) is 0 Å². The standard InChI is InChI=1S/C17H20N4O/c1-11-19-14-15(21(11)10-17(22)8-4-5-9-17)12-6-2-3-7-13(12)20-16(14)18/h2-3,6-7,22H,4-5,8-10H2,1H3,(H2,18,20). The maximum Gasteiger partial charge on any atom is 0.152 e. The summed E-state index contributed by atoms with van der Waals surface area (Å²) >= 11 is 0. The third kappa shape index (κ3) is 1.96. The largest absolute Gasteiger partial charge is 0.388 e. The maximum atomic E-state index is 10.8. The number of fused-ring (bicyclic) bond motifs is 3. The number of nitrogen functional groups attached to an aromatic ring is 1. The third-order valence-electron chi connectivity index (χ3n) is 4.79. The van der Waals surface area contributed by atoms with Gasteiger partial charge in [0.25, 0.3) is 0 Å². The van der Waals surface area contributed by atoms with E-state index in [9.17, 15) is 5.11 Å². The zero-order chi connectivity index (χ0) is 15.3. The van der Waals surface area contributed by atoms with Gasteiger partial charge in [-0.1, -0.05) is 31.0 Å². The van der Waals surface area contributed by atoms with E-state index in [4.69, 9.17) is 5.73 Å². The van der Waals surface area contributed by atoms with Crippen molar-refractivity contribution in [3.05, 3.63) is 30.1 Å². The van der Waals surface area contributed by atoms with Crippen molar-refractivity contribution < 1.29 is 5.11 Å². The molecule has 1 aliphatic rings. The normalized spacial score (nSPS) is 17.5. The minimum absolute atomic E-state index is 0.453. The monoisotopic (exact) mass is 296 g/mol. The van der Waals surface area contributed by atoms with Crippen LogP contribution in [0.1, 0.15) is 31.5 Å². The highest BCUT2D eigenvalue weighted by molar-refractivity contribution is 6.06. The zero-order valence-electron chi connectivity index (χ0n) is 12.7. The molecule has 0 radical (unpaired) electrons. The Labute approximate surface area is 128 Å². The van der Waals surface area contributed by atoms with E-state index < -0.39 is 5.60 Å². The van der Waals surface area contributed by atoms with Crippen molar-refractivity contribution in [2.24, 2.45) is 0 Å². The summed E-state index contributed by atoms with van der Waals surface area (Å²) < 4.78 is 2.11. The predicted molar refractivity (Wildman–Crippen MR) is 87.6 cm³/mol. The Balaban J connectivity index is 1.99. The Bertz CT molecular complexity index is 862. The molecule has 0 spiro atoms. The molecular formula is C17H20N4O. The molecule has 0 bridgehead atoms. The van der Waals surface area contributed by atoms with Crippen LogP contribution in [0.2, 0.25) is 0 Å². The molecule has 22 heavy (non-hydrogen) atoms. The summed E-state index contributed by atoms with van der Waals surface area (Å²) in [5.74, 6) is 1.33. The van der Waals surface area contributed by atoms with Crippen LogP contribution in [0.25, 0.3) is 21.9 Å². The zero-order valence-corrected chi connectivity index (χ0v) is 12.7. The van der Waals surface area contributed by atoms with Crippen molar-refractivity contribution in [2.75, 3.05) is 5.73 Å². The molecule has 2 aromatic heterocycles. The molecule has 1 saturated carbocycles. The lowest BCUT2D eigenvalue weighted by molar-refractivity contribution is 0.0305. The van der Waals surface area contributed by atoms with Crippen molar-refractivity contribution in [3.63, 3.8) is 0 Å². The number of aliphatic hydroxyl groups is 1. The predicted octanol–water partition coefficient (Wildman–Crippen LogP) is 2.78. The number of anilines is 1. The second-order valence-corrected chi connectivity index (χ2v) is 6.39. The van der Waals surface area contributed by atoms with E-state index in [1.54, 1.807) is 0 Å². The van der Waals surface area contributed by atoms with Crippen LogP contribution < -0.4 is 5.73 Å². The number of benzene rings is 1. The van der Waals surface area contributed by atoms with Crippen LogP contribution in [-0.2, 0) is 6.54 Å². The second kappa shape index (κ2) is 4.68. The van der Waals surface area contributed by atoms with Gasteiger partial charge in [-0.15, -0.1) is 0 Å². The number of hydrogen-bond acceptors (Lipinski definition) is 4. The molecule has 0 saturated heterocycles. The molecule has 114 valence electrons. The summed E-state index contributed by atoms with van der Waals surface area (Å²) in [7, 11) is 0. The van der Waals surface area contributed by atoms with Gasteiger partial charge >= 0.3 is 0 Å². The Morgan fingerprint density at radius 2 is 1.95 bits per heavy atom. The molecular weight excluding hydrogens is 276 g/mol. The van der Waals surface area contributed by atoms with Crippen molar-refractivity contribution in [1.82, 2.24) is 14.5 Å². The number of nitrogens with two attached hydrogens (primary N) is 1. The van der Waals surface area contributed by atoms with Crippen LogP contribution in [0.4, 0.5) is 5.82 Å². The van der Waals surface area contributed by atoms with Crippen molar-refractivity contribution in [1.29, 1.82) is 0 Å². The smallest absolute Gasteiger partial charge is 0.152 e. The molecule has 1 fully saturated rings. The van der Waals surface area contributed by atoms with Gasteiger partial charge in [-0.3, -0.25) is 0 Å². The van der Waals surface area contributed by atoms with Gasteiger partial charge in [-0.05, 0) is 25.8 Å². The summed E-state index contributed by atoms with van der Waals surface area (Å²) in [5.41, 5.74) is 8.06. The summed E-state index contributed by atoms with van der Waals surface area (Å²) in [6.45, 7) is 2.54. The molecule has 1 aliphatic carbocycles. The van der Waals surface area contributed by atoms with E-state index in [0.717, 1.165) is 53.4 Å². The Kier molecular flexibility index (Phi) is 2.87. The highest BCUT2D eigenvalue weighted by Crippen LogP contribution is 2.34. The second-order valence-electron chi connectivity index (χ2n) is 6.39. The van der Waals surface area contributed by atoms with Gasteiger partial charge in [0.05, 0.1) is 23.2 Å². The van der Waals surface area contributed by atoms with Gasteiger partial charge < -0.3 is 15.4 Å². The summed E-state index contributed by atoms with van der Waals surface area (Å²) in [5, 5.41) is 11.8. The first-order valence-corrected chi connectivity index (χ1v) is 7.81. The van der Waals surface area contributed by atoms with Gasteiger partial charge in [0.2, 0.25) is 0 Å². The fourth-order valence-corrected chi connectivity index (χ4v) is 3.65. The molecule has 0 unspecified atom stereocenters. The highest BCUT2D eigenvalue weighted by atomic mass is 16.3. The minimum Gasteiger partial charge on any atom is -0.388 e. The van der Waals surface area contributed by atoms with Gasteiger partial charge in [0.1, 0.15) is 11.3 Å². The van der Waals surface area contributed by atoms with Crippen LogP contribution >= 0.6 is 0 Å². The number of para-hydroxylation sites is 1. The Hall–Kier alpha value is -2.14. The van der Waals surface area contributed by atoms with Gasteiger partial charge in [0.15, 0.2) is 5.82 Å². The summed E-state index contributed by atoms with van der Waals surface area (Å²) in [6, 6.07) is 7.96. The topological polar surface area (TPSA) is 77.0 Å². The Morgan fingerprint density at radius 3 is 2.73 bits per heavy atom. The van der Waals surface area contributed by atoms with Gasteiger partial charge in [-0.25, -0.2) is 9.97 Å². The van der Waals surface area contributed by atoms with Crippen LogP contribution in [0, 0.1) is 6.92 Å². The molecule has 0 aliphatic heterocycles. The van der Waals surface area contributed by atoms with E-state index in [2.05, 4.69) is 14.5 Å². The lowest BCUT2D eigenvalue weighted by Gasteiger charge is -2.24. The first-order chi connectivity index (χ1) is 10.6. The van der Waals surface area contributed by atoms with Crippen LogP contribution in [0.3, 0.4) is 0 Å². The first kappa shape index (κ1) is 13.5. The number of nitrogens with zero attached hydrogens (tertiary/aromatic N) is 3. The van der Waals surface area contributed by atoms with Crippen molar-refractivity contribution >= 4 is 27.8 Å². The van der Waals surface area contributed by atoms with E-state index in [1.165, 1.54) is 0 Å². The summed E-state index contributed by atoms with van der Waals surface area (Å²) in [6.07, 6.45) is 3.88. The molecule has 1 aromatic carbocycles. The molecule has 0 atom stereocenters. The molecule has 4 rings (SSSR count). The van der Waals surface area contributed by atoms with E-state index in [1.807, 2.05) is 31.2 Å². The number of pyridine rings is 1. The molecule has 0 amide bonds. The number of aryl methyl sites for hydroxylation is 1. The molecule has 5 nitrogen and oxygen atoms in total. The first-order valence-electron chi connectivity index (χ1n) is 7.81. The van der Waals surface area contributed by atoms with E-state index in [-0.39, 0.29) is 0 Å². The Morgan fingerprint density at radius 1 is 1.23 bits per heavy atom. The minimum atomic E-state index is -0.627. The molecule has 3 N–H and O–H groups in total. The average molecular weight is 296 g/mol. The lowest BCUT2D eigenvalue weighted by atomic mass is 10.0. The highest BCUT2D eigenvalue weighted by Gasteiger charge is 2.32. The van der Waals surface area contributed by atoms with Crippen molar-refractivity contribution in [2.45, 2.75) is 44.8 Å². The maximum absolute atomic E-state index is 10.8. The van der Waals surface area contributed by atoms with Crippen LogP contribution in [0.5, 0.6) is 0 Å². The number of imidazole rings is 1. The number of rotatable bonds is 2. The average Bonchev–Trinajstić information content (AvgIpc) is 3.05. The van der Waals surface area contributed by atoms with Crippen LogP contribution in [-0.4, -0.2) is 25.2 Å². The third-order valence-corrected chi connectivity index (χ3v) is 4.79. The SMILES string of the molecule is Cc1nc2c(N)nc3ccccc3c2n1CC1(O)CCCC1. The number of hydrogen-bond donors (Lipinski definition) is 2. The fraction of sp³-hybridized carbons (Fsp3) is 0.412. The van der Waals surface area contributed by atoms with E-state index >= 15 is 0 Å². The molecule has 2 heterocycles. The molecule has 3 aromatic rings. The van der Waals surface area contributed by atoms with Crippen LogP contribution in [0.15, 0.2) is 24.3 Å².